The summed E-state index contributed by atoms with van der Waals surface area (Å²) in [4.78, 5) is 17.5. The van der Waals surface area contributed by atoms with E-state index in [0.29, 0.717) is 11.5 Å². The summed E-state index contributed by atoms with van der Waals surface area (Å²) < 4.78 is 11.8. The highest BCUT2D eigenvalue weighted by Gasteiger charge is 2.45. The molecule has 1 N–H and O–H groups in total. The second kappa shape index (κ2) is 5.77. The van der Waals surface area contributed by atoms with Crippen LogP contribution in [-0.2, 0) is 10.3 Å². The summed E-state index contributed by atoms with van der Waals surface area (Å²) in [6.07, 6.45) is 1.95. The molecule has 1 saturated carbocycles. The Morgan fingerprint density at radius 2 is 2.00 bits per heavy atom. The quantitative estimate of drug-likeness (QED) is 0.929. The maximum absolute atomic E-state index is 12.9. The van der Waals surface area contributed by atoms with Gasteiger partial charge in [0.1, 0.15) is 11.1 Å². The number of nitrogens with zero attached hydrogens (tertiary/aromatic N) is 1. The molecule has 1 fully saturated rings. The van der Waals surface area contributed by atoms with Gasteiger partial charge in [0.05, 0.1) is 5.54 Å². The predicted octanol–water partition coefficient (Wildman–Crippen LogP) is 3.18. The van der Waals surface area contributed by atoms with E-state index in [1.807, 2.05) is 43.5 Å². The van der Waals surface area contributed by atoms with Gasteiger partial charge < -0.3 is 14.8 Å². The first kappa shape index (κ1) is 15.4. The van der Waals surface area contributed by atoms with E-state index in [2.05, 4.69) is 10.3 Å². The zero-order valence-corrected chi connectivity index (χ0v) is 14.6. The lowest BCUT2D eigenvalue weighted by atomic mass is 9.77. The summed E-state index contributed by atoms with van der Waals surface area (Å²) in [5.41, 5.74) is 0.658. The van der Waals surface area contributed by atoms with Gasteiger partial charge in [-0.3, -0.25) is 4.79 Å². The number of rotatable bonds is 3. The Kier molecular flexibility index (Phi) is 3.72. The Morgan fingerprint density at radius 1 is 1.29 bits per heavy atom. The van der Waals surface area contributed by atoms with E-state index in [1.165, 1.54) is 0 Å². The van der Waals surface area contributed by atoms with E-state index in [1.54, 1.807) is 11.3 Å². The van der Waals surface area contributed by atoms with E-state index in [4.69, 9.17) is 9.47 Å². The number of thiazole rings is 1. The van der Waals surface area contributed by atoms with Crippen molar-refractivity contribution in [1.29, 1.82) is 0 Å². The zero-order chi connectivity index (χ0) is 16.7. The molecule has 0 unspecified atom stereocenters. The molecule has 2 heterocycles. The van der Waals surface area contributed by atoms with Crippen LogP contribution in [0.4, 0.5) is 0 Å². The molecule has 6 heteroatoms. The van der Waals surface area contributed by atoms with Crippen molar-refractivity contribution in [3.8, 4) is 11.5 Å². The number of hydrogen-bond acceptors (Lipinski definition) is 5. The van der Waals surface area contributed by atoms with Crippen molar-refractivity contribution in [3.05, 3.63) is 40.3 Å². The molecule has 24 heavy (non-hydrogen) atoms. The third kappa shape index (κ3) is 2.55. The van der Waals surface area contributed by atoms with Gasteiger partial charge in [0, 0.05) is 11.1 Å². The van der Waals surface area contributed by atoms with Crippen molar-refractivity contribution in [2.24, 2.45) is 0 Å². The Morgan fingerprint density at radius 3 is 2.58 bits per heavy atom. The van der Waals surface area contributed by atoms with Crippen molar-refractivity contribution < 1.29 is 14.3 Å². The molecule has 2 atom stereocenters. The fraction of sp³-hybridized carbons (Fsp3) is 0.444. The summed E-state index contributed by atoms with van der Waals surface area (Å²) in [7, 11) is 0. The van der Waals surface area contributed by atoms with Crippen LogP contribution in [0.5, 0.6) is 11.5 Å². The smallest absolute Gasteiger partial charge is 0.265 e. The molecule has 0 spiro atoms. The molecule has 126 valence electrons. The summed E-state index contributed by atoms with van der Waals surface area (Å²) in [5.74, 6) is 1.16. The van der Waals surface area contributed by atoms with Crippen molar-refractivity contribution >= 4 is 17.2 Å². The molecule has 4 rings (SSSR count). The van der Waals surface area contributed by atoms with E-state index in [9.17, 15) is 4.79 Å². The predicted molar refractivity (Wildman–Crippen MR) is 91.5 cm³/mol. The number of hydrogen-bond donors (Lipinski definition) is 1. The average Bonchev–Trinajstić information content (AvgIpc) is 2.96. The fourth-order valence-corrected chi connectivity index (χ4v) is 4.22. The summed E-state index contributed by atoms with van der Waals surface area (Å²) in [6.45, 7) is 3.84. The van der Waals surface area contributed by atoms with Crippen molar-refractivity contribution in [2.75, 3.05) is 0 Å². The SMILES string of the molecule is Cc1csc(C2(NC(=O)[C@H]3Oc4ccccc4O[C@H]3C)CCC2)n1. The van der Waals surface area contributed by atoms with Crippen LogP contribution in [0.3, 0.4) is 0 Å². The third-order valence-electron chi connectivity index (χ3n) is 4.70. The lowest BCUT2D eigenvalue weighted by Crippen LogP contribution is -2.57. The van der Waals surface area contributed by atoms with E-state index >= 15 is 0 Å². The summed E-state index contributed by atoms with van der Waals surface area (Å²) >= 11 is 1.61. The summed E-state index contributed by atoms with van der Waals surface area (Å²) in [6, 6.07) is 7.44. The first-order valence-electron chi connectivity index (χ1n) is 8.24. The summed E-state index contributed by atoms with van der Waals surface area (Å²) in [5, 5.41) is 6.21. The molecule has 0 radical (unpaired) electrons. The molecule has 1 amide bonds. The van der Waals surface area contributed by atoms with Gasteiger partial charge in [0.2, 0.25) is 6.10 Å². The first-order valence-corrected chi connectivity index (χ1v) is 9.12. The van der Waals surface area contributed by atoms with Gasteiger partial charge in [-0.2, -0.15) is 0 Å². The van der Waals surface area contributed by atoms with Crippen LogP contribution >= 0.6 is 11.3 Å². The maximum Gasteiger partial charge on any atom is 0.265 e. The monoisotopic (exact) mass is 344 g/mol. The van der Waals surface area contributed by atoms with Crippen LogP contribution in [-0.4, -0.2) is 23.1 Å². The number of nitrogens with one attached hydrogen (secondary N) is 1. The molecule has 2 aliphatic rings. The molecular weight excluding hydrogens is 324 g/mol. The molecule has 1 aromatic carbocycles. The van der Waals surface area contributed by atoms with Gasteiger partial charge in [-0.25, -0.2) is 4.98 Å². The molecule has 1 aromatic heterocycles. The lowest BCUT2D eigenvalue weighted by molar-refractivity contribution is -0.136. The normalized spacial score (nSPS) is 24.1. The van der Waals surface area contributed by atoms with Crippen LogP contribution in [0.15, 0.2) is 29.6 Å². The van der Waals surface area contributed by atoms with Gasteiger partial charge in [-0.05, 0) is 45.2 Å². The fourth-order valence-electron chi connectivity index (χ4n) is 3.21. The van der Waals surface area contributed by atoms with Crippen LogP contribution in [0.1, 0.15) is 36.9 Å². The van der Waals surface area contributed by atoms with Crippen molar-refractivity contribution in [2.45, 2.75) is 50.9 Å². The minimum atomic E-state index is -0.654. The number of para-hydroxylation sites is 2. The second-order valence-corrected chi connectivity index (χ2v) is 7.39. The minimum Gasteiger partial charge on any atom is -0.482 e. The molecule has 0 bridgehead atoms. The maximum atomic E-state index is 12.9. The number of aromatic nitrogens is 1. The number of carbonyl (C=O) groups excluding carboxylic acids is 1. The Labute approximate surface area is 145 Å². The lowest BCUT2D eigenvalue weighted by Gasteiger charge is -2.42. The highest BCUT2D eigenvalue weighted by Crippen LogP contribution is 2.43. The zero-order valence-electron chi connectivity index (χ0n) is 13.7. The molecular formula is C18H20N2O3S. The highest BCUT2D eigenvalue weighted by atomic mass is 32.1. The number of benzene rings is 1. The molecule has 5 nitrogen and oxygen atoms in total. The van der Waals surface area contributed by atoms with Gasteiger partial charge in [0.15, 0.2) is 11.5 Å². The molecule has 1 aliphatic carbocycles. The molecule has 2 aromatic rings. The highest BCUT2D eigenvalue weighted by molar-refractivity contribution is 7.09. The topological polar surface area (TPSA) is 60.5 Å². The average molecular weight is 344 g/mol. The van der Waals surface area contributed by atoms with E-state index < -0.39 is 6.10 Å². The molecule has 1 aliphatic heterocycles. The van der Waals surface area contributed by atoms with Crippen LogP contribution in [0.25, 0.3) is 0 Å². The van der Waals surface area contributed by atoms with Crippen LogP contribution in [0.2, 0.25) is 0 Å². The van der Waals surface area contributed by atoms with Crippen molar-refractivity contribution in [1.82, 2.24) is 10.3 Å². The largest absolute Gasteiger partial charge is 0.482 e. The van der Waals surface area contributed by atoms with E-state index in [-0.39, 0.29) is 17.6 Å². The standard InChI is InChI=1S/C18H20N2O3S/c1-11-10-24-17(19-11)18(8-5-9-18)20-16(21)15-12(2)22-13-6-3-4-7-14(13)23-15/h3-4,6-7,10,12,15H,5,8-9H2,1-2H3,(H,20,21)/t12-,15-/m0/s1. The third-order valence-corrected chi connectivity index (χ3v) is 5.86. The second-order valence-electron chi connectivity index (χ2n) is 6.53. The number of ether oxygens (including phenoxy) is 2. The number of carbonyl (C=O) groups is 1. The van der Waals surface area contributed by atoms with Crippen LogP contribution < -0.4 is 14.8 Å². The van der Waals surface area contributed by atoms with E-state index in [0.717, 1.165) is 30.0 Å². The number of aryl methyl sites for hydroxylation is 1. The van der Waals surface area contributed by atoms with Gasteiger partial charge in [-0.1, -0.05) is 12.1 Å². The van der Waals surface area contributed by atoms with Gasteiger partial charge in [0.25, 0.3) is 5.91 Å². The Bertz CT molecular complexity index is 769. The van der Waals surface area contributed by atoms with Crippen LogP contribution in [0, 0.1) is 6.92 Å². The molecule has 0 saturated heterocycles. The Balaban J connectivity index is 1.54. The van der Waals surface area contributed by atoms with Gasteiger partial charge in [-0.15, -0.1) is 11.3 Å². The number of fused-ring (bicyclic) bond motifs is 1. The first-order chi connectivity index (χ1) is 11.6. The van der Waals surface area contributed by atoms with Gasteiger partial charge >= 0.3 is 0 Å². The number of amides is 1. The van der Waals surface area contributed by atoms with Crippen molar-refractivity contribution in [3.63, 3.8) is 0 Å². The Hall–Kier alpha value is -2.08. The minimum absolute atomic E-state index is 0.135.